The van der Waals surface area contributed by atoms with Gasteiger partial charge >= 0.3 is 0 Å². The largest absolute Gasteiger partial charge is 0.482 e. The van der Waals surface area contributed by atoms with Gasteiger partial charge in [0, 0.05) is 49.0 Å². The maximum Gasteiger partial charge on any atom is 0.262 e. The Hall–Kier alpha value is -4.74. The summed E-state index contributed by atoms with van der Waals surface area (Å²) in [6.07, 6.45) is 2.95. The number of nitrogens with two attached hydrogens (primary N) is 1. The molecule has 6 rings (SSSR count). The lowest BCUT2D eigenvalue weighted by molar-refractivity contribution is -0.133. The molecule has 45 heavy (non-hydrogen) atoms. The summed E-state index contributed by atoms with van der Waals surface area (Å²) in [5.74, 6) is 0.0148. The Kier molecular flexibility index (Phi) is 9.08. The highest BCUT2D eigenvalue weighted by atomic mass is 16.5. The fourth-order valence-corrected chi connectivity index (χ4v) is 5.63. The van der Waals surface area contributed by atoms with Gasteiger partial charge < -0.3 is 35.6 Å². The minimum Gasteiger partial charge on any atom is -0.482 e. The smallest absolute Gasteiger partial charge is 0.262 e. The summed E-state index contributed by atoms with van der Waals surface area (Å²) < 4.78 is 10.8. The molecule has 1 fully saturated rings. The molecule has 1 aliphatic carbocycles. The summed E-state index contributed by atoms with van der Waals surface area (Å²) >= 11 is 0. The van der Waals surface area contributed by atoms with Crippen LogP contribution in [0.3, 0.4) is 0 Å². The van der Waals surface area contributed by atoms with E-state index in [9.17, 15) is 19.2 Å². The quantitative estimate of drug-likeness (QED) is 0.282. The van der Waals surface area contributed by atoms with Gasteiger partial charge in [-0.25, -0.2) is 0 Å². The number of fused-ring (bicyclic) bond motifs is 2. The number of nitrogens with zero attached hydrogens (tertiary/aromatic N) is 2. The van der Waals surface area contributed by atoms with Crippen molar-refractivity contribution in [3.05, 3.63) is 88.5 Å². The number of carbonyl (C=O) groups is 4. The molecule has 3 aromatic rings. The van der Waals surface area contributed by atoms with Crippen LogP contribution in [-0.4, -0.2) is 72.4 Å². The highest BCUT2D eigenvalue weighted by molar-refractivity contribution is 6.04. The number of rotatable bonds is 11. The Balaban J connectivity index is 1.04. The first-order chi connectivity index (χ1) is 21.9. The van der Waals surface area contributed by atoms with E-state index in [1.54, 1.807) is 30.3 Å². The molecule has 4 N–H and O–H groups in total. The van der Waals surface area contributed by atoms with Crippen molar-refractivity contribution in [2.45, 2.75) is 44.8 Å². The van der Waals surface area contributed by atoms with E-state index in [0.29, 0.717) is 80.5 Å². The summed E-state index contributed by atoms with van der Waals surface area (Å²) in [7, 11) is 0. The second-order valence-corrected chi connectivity index (χ2v) is 11.6. The Morgan fingerprint density at radius 1 is 1.00 bits per heavy atom. The van der Waals surface area contributed by atoms with Crippen molar-refractivity contribution < 1.29 is 28.7 Å². The third-order valence-electron chi connectivity index (χ3n) is 8.23. The van der Waals surface area contributed by atoms with Crippen LogP contribution in [0.2, 0.25) is 0 Å². The lowest BCUT2D eigenvalue weighted by Gasteiger charge is -2.29. The van der Waals surface area contributed by atoms with Crippen molar-refractivity contribution in [1.29, 1.82) is 0 Å². The maximum absolute atomic E-state index is 13.5. The summed E-state index contributed by atoms with van der Waals surface area (Å²) in [5, 5.41) is 5.74. The predicted octanol–water partition coefficient (Wildman–Crippen LogP) is 3.32. The van der Waals surface area contributed by atoms with Crippen LogP contribution >= 0.6 is 0 Å². The Morgan fingerprint density at radius 2 is 1.80 bits per heavy atom. The fraction of sp³-hybridized carbons (Fsp3) is 0.353. The number of anilines is 2. The Labute approximate surface area is 261 Å². The molecule has 234 valence electrons. The maximum atomic E-state index is 13.5. The topological polar surface area (TPSA) is 143 Å². The Morgan fingerprint density at radius 3 is 2.58 bits per heavy atom. The number of hydrogen-bond donors (Lipinski definition) is 3. The summed E-state index contributed by atoms with van der Waals surface area (Å²) in [5.41, 5.74) is 10.8. The van der Waals surface area contributed by atoms with Crippen LogP contribution in [0.1, 0.15) is 56.7 Å². The zero-order chi connectivity index (χ0) is 31.3. The summed E-state index contributed by atoms with van der Waals surface area (Å²) in [6, 6.07) is 18.4. The van der Waals surface area contributed by atoms with E-state index in [1.165, 1.54) is 0 Å². The van der Waals surface area contributed by atoms with Gasteiger partial charge in [-0.15, -0.1) is 0 Å². The lowest BCUT2D eigenvalue weighted by atomic mass is 9.98. The highest BCUT2D eigenvalue weighted by Crippen LogP contribution is 2.33. The van der Waals surface area contributed by atoms with E-state index < -0.39 is 0 Å². The molecule has 2 aliphatic heterocycles. The van der Waals surface area contributed by atoms with E-state index in [-0.39, 0.29) is 36.3 Å². The third-order valence-corrected chi connectivity index (χ3v) is 8.23. The normalized spacial score (nSPS) is 15.3. The molecule has 11 nitrogen and oxygen atoms in total. The van der Waals surface area contributed by atoms with Crippen LogP contribution in [-0.2, 0) is 33.8 Å². The van der Waals surface area contributed by atoms with Gasteiger partial charge in [0.1, 0.15) is 5.75 Å². The monoisotopic (exact) mass is 611 g/mol. The number of hydrogen-bond acceptors (Lipinski definition) is 7. The van der Waals surface area contributed by atoms with Crippen molar-refractivity contribution in [2.75, 3.05) is 43.5 Å². The molecule has 0 atom stereocenters. The van der Waals surface area contributed by atoms with Gasteiger partial charge in [-0.05, 0) is 78.4 Å². The van der Waals surface area contributed by atoms with Gasteiger partial charge in [0.25, 0.3) is 17.7 Å². The van der Waals surface area contributed by atoms with Crippen molar-refractivity contribution in [3.63, 3.8) is 0 Å². The van der Waals surface area contributed by atoms with Gasteiger partial charge in [-0.2, -0.15) is 0 Å². The highest BCUT2D eigenvalue weighted by Gasteiger charge is 2.33. The van der Waals surface area contributed by atoms with Crippen LogP contribution in [0.25, 0.3) is 0 Å². The summed E-state index contributed by atoms with van der Waals surface area (Å²) in [6.45, 7) is 2.78. The lowest BCUT2D eigenvalue weighted by Crippen LogP contribution is -2.36. The zero-order valence-corrected chi connectivity index (χ0v) is 25.1. The predicted molar refractivity (Wildman–Crippen MR) is 168 cm³/mol. The van der Waals surface area contributed by atoms with Gasteiger partial charge in [-0.3, -0.25) is 19.2 Å². The minimum atomic E-state index is -0.220. The number of ether oxygens (including phenoxy) is 2. The van der Waals surface area contributed by atoms with Crippen LogP contribution in [0.15, 0.2) is 60.7 Å². The number of benzene rings is 3. The Bertz CT molecular complexity index is 1600. The van der Waals surface area contributed by atoms with E-state index in [0.717, 1.165) is 29.5 Å². The molecule has 2 heterocycles. The first kappa shape index (κ1) is 30.3. The molecular formula is C34H37N5O6. The van der Waals surface area contributed by atoms with Crippen LogP contribution in [0.5, 0.6) is 5.75 Å². The van der Waals surface area contributed by atoms with Crippen molar-refractivity contribution in [1.82, 2.24) is 9.80 Å². The van der Waals surface area contributed by atoms with Crippen LogP contribution in [0.4, 0.5) is 11.4 Å². The molecule has 11 heteroatoms. The number of nitrogens with one attached hydrogen (secondary N) is 2. The molecule has 0 unspecified atom stereocenters. The molecule has 3 aromatic carbocycles. The zero-order valence-electron chi connectivity index (χ0n) is 25.1. The van der Waals surface area contributed by atoms with E-state index in [2.05, 4.69) is 10.6 Å². The van der Waals surface area contributed by atoms with E-state index >= 15 is 0 Å². The molecule has 0 spiro atoms. The van der Waals surface area contributed by atoms with Gasteiger partial charge in [0.05, 0.1) is 25.3 Å². The molecular weight excluding hydrogens is 574 g/mol. The minimum absolute atomic E-state index is 0.0626. The van der Waals surface area contributed by atoms with Crippen molar-refractivity contribution in [2.24, 2.45) is 5.73 Å². The molecule has 3 aliphatic rings. The van der Waals surface area contributed by atoms with Gasteiger partial charge in [-0.1, -0.05) is 18.2 Å². The molecule has 0 saturated heterocycles. The first-order valence-corrected chi connectivity index (χ1v) is 15.3. The third kappa shape index (κ3) is 7.33. The first-order valence-electron chi connectivity index (χ1n) is 15.3. The number of carbonyl (C=O) groups excluding carboxylic acids is 4. The fourth-order valence-electron chi connectivity index (χ4n) is 5.63. The number of amides is 4. The average molecular weight is 612 g/mol. The van der Waals surface area contributed by atoms with E-state index in [4.69, 9.17) is 15.2 Å². The molecule has 4 amide bonds. The van der Waals surface area contributed by atoms with Crippen molar-refractivity contribution in [3.8, 4) is 5.75 Å². The SMILES string of the molecule is NCCOCCC(=O)N1CCc2cc(NC(=O)c3ccc(CN(C(=O)c4ccc5c(c4)OCC(=O)N5)C4CC4)cc3)ccc2C1. The van der Waals surface area contributed by atoms with Gasteiger partial charge in [0.15, 0.2) is 6.61 Å². The standard InChI is InChI=1S/C34H37N5O6/c35-13-16-44-15-12-32(41)38-14-11-24-17-27(7-5-26(24)20-38)36-33(42)23-3-1-22(2-4-23)19-39(28-8-9-28)34(43)25-6-10-29-30(18-25)45-21-31(40)37-29/h1-7,10,17-18,28H,8-9,11-16,19-21,35H2,(H,36,42)(H,37,40). The summed E-state index contributed by atoms with van der Waals surface area (Å²) in [4.78, 5) is 54.3. The molecule has 0 radical (unpaired) electrons. The molecule has 1 saturated carbocycles. The van der Waals surface area contributed by atoms with E-state index in [1.807, 2.05) is 40.1 Å². The molecule has 0 aromatic heterocycles. The molecule has 0 bridgehead atoms. The van der Waals surface area contributed by atoms with Crippen molar-refractivity contribution >= 4 is 35.0 Å². The average Bonchev–Trinajstić information content (AvgIpc) is 3.90. The van der Waals surface area contributed by atoms with Crippen LogP contribution < -0.4 is 21.1 Å². The second-order valence-electron chi connectivity index (χ2n) is 11.6. The second kappa shape index (κ2) is 13.5. The van der Waals surface area contributed by atoms with Gasteiger partial charge in [0.2, 0.25) is 5.91 Å². The van der Waals surface area contributed by atoms with Crippen LogP contribution in [0, 0.1) is 0 Å².